The second kappa shape index (κ2) is 8.02. The van der Waals surface area contributed by atoms with Gasteiger partial charge < -0.3 is 5.84 Å². The van der Waals surface area contributed by atoms with Crippen LogP contribution in [0.4, 0.5) is 0 Å². The average molecular weight is 442 g/mol. The Bertz CT molecular complexity index is 1280. The van der Waals surface area contributed by atoms with E-state index in [0.29, 0.717) is 26.0 Å². The van der Waals surface area contributed by atoms with E-state index in [4.69, 9.17) is 17.4 Å². The summed E-state index contributed by atoms with van der Waals surface area (Å²) in [5.41, 5.74) is 3.00. The van der Waals surface area contributed by atoms with Gasteiger partial charge in [0.2, 0.25) is 0 Å². The molecule has 8 heteroatoms. The van der Waals surface area contributed by atoms with Gasteiger partial charge in [-0.25, -0.2) is 9.66 Å². The van der Waals surface area contributed by atoms with Crippen molar-refractivity contribution in [1.29, 1.82) is 0 Å². The number of thioether (sulfide) groups is 1. The minimum absolute atomic E-state index is 0.0784. The molecule has 0 saturated heterocycles. The fourth-order valence-corrected chi connectivity index (χ4v) is 4.96. The number of nitrogen functional groups attached to an aromatic ring is 1. The van der Waals surface area contributed by atoms with Gasteiger partial charge >= 0.3 is 0 Å². The first-order valence-electron chi connectivity index (χ1n) is 8.72. The molecule has 4 rings (SSSR count). The highest BCUT2D eigenvalue weighted by Crippen LogP contribution is 2.32. The van der Waals surface area contributed by atoms with Crippen LogP contribution in [0.5, 0.6) is 0 Å². The number of carbonyl (C=O) groups is 1. The lowest BCUT2D eigenvalue weighted by Gasteiger charge is -2.08. The Balaban J connectivity index is 1.66. The molecule has 2 N–H and O–H groups in total. The van der Waals surface area contributed by atoms with Crippen LogP contribution >= 0.6 is 34.7 Å². The normalized spacial score (nSPS) is 11.1. The molecular formula is C21H16ClN3O2S2. The Kier molecular flexibility index (Phi) is 5.45. The summed E-state index contributed by atoms with van der Waals surface area (Å²) in [7, 11) is 0. The van der Waals surface area contributed by atoms with Gasteiger partial charge in [0, 0.05) is 16.5 Å². The molecule has 0 amide bonds. The predicted octanol–water partition coefficient (Wildman–Crippen LogP) is 4.78. The lowest BCUT2D eigenvalue weighted by molar-refractivity contribution is 0.102. The monoisotopic (exact) mass is 441 g/mol. The number of benzene rings is 2. The molecule has 5 nitrogen and oxygen atoms in total. The van der Waals surface area contributed by atoms with Gasteiger partial charge in [-0.1, -0.05) is 65.3 Å². The third-order valence-electron chi connectivity index (χ3n) is 4.48. The molecule has 0 aliphatic heterocycles. The van der Waals surface area contributed by atoms with E-state index in [1.807, 2.05) is 36.6 Å². The minimum Gasteiger partial charge on any atom is -0.334 e. The number of ketones is 1. The molecule has 0 fully saturated rings. The van der Waals surface area contributed by atoms with Gasteiger partial charge in [0.05, 0.1) is 16.2 Å². The summed E-state index contributed by atoms with van der Waals surface area (Å²) >= 11 is 8.59. The number of nitrogens with zero attached hydrogens (tertiary/aromatic N) is 2. The van der Waals surface area contributed by atoms with Crippen molar-refractivity contribution >= 4 is 50.7 Å². The number of halogens is 1. The zero-order valence-corrected chi connectivity index (χ0v) is 17.8. The lowest BCUT2D eigenvalue weighted by Crippen LogP contribution is -2.29. The Morgan fingerprint density at radius 3 is 2.66 bits per heavy atom. The van der Waals surface area contributed by atoms with Gasteiger partial charge in [-0.05, 0) is 24.6 Å². The highest BCUT2D eigenvalue weighted by Gasteiger charge is 2.18. The summed E-state index contributed by atoms with van der Waals surface area (Å²) in [6.45, 7) is 2.01. The smallest absolute Gasteiger partial charge is 0.282 e. The summed E-state index contributed by atoms with van der Waals surface area (Å²) in [4.78, 5) is 30.5. The molecule has 0 atom stereocenters. The Labute approximate surface area is 180 Å². The van der Waals surface area contributed by atoms with Crippen LogP contribution in [0.1, 0.15) is 15.9 Å². The zero-order valence-electron chi connectivity index (χ0n) is 15.4. The van der Waals surface area contributed by atoms with Gasteiger partial charge in [0.25, 0.3) is 5.56 Å². The number of nitrogens with two attached hydrogens (primary N) is 1. The van der Waals surface area contributed by atoms with Crippen molar-refractivity contribution in [1.82, 2.24) is 9.66 Å². The van der Waals surface area contributed by atoms with Crippen molar-refractivity contribution < 1.29 is 4.79 Å². The van der Waals surface area contributed by atoms with Crippen molar-refractivity contribution in [2.24, 2.45) is 0 Å². The van der Waals surface area contributed by atoms with Crippen LogP contribution in [-0.2, 0) is 0 Å². The van der Waals surface area contributed by atoms with Crippen molar-refractivity contribution in [2.75, 3.05) is 11.6 Å². The molecule has 2 heterocycles. The van der Waals surface area contributed by atoms with Crippen LogP contribution in [0.25, 0.3) is 21.3 Å². The first kappa shape index (κ1) is 19.7. The van der Waals surface area contributed by atoms with E-state index in [2.05, 4.69) is 4.98 Å². The number of fused-ring (bicyclic) bond motifs is 1. The Hall–Kier alpha value is -2.61. The maximum Gasteiger partial charge on any atom is 0.282 e. The van der Waals surface area contributed by atoms with Gasteiger partial charge in [0.15, 0.2) is 10.9 Å². The van der Waals surface area contributed by atoms with Gasteiger partial charge in [-0.3, -0.25) is 9.59 Å². The standard InChI is InChI=1S/C21H16ClN3O2S2/c1-12-6-8-13(9-7-12)15-10-28-19-18(15)20(27)25(23)21(24-19)29-11-17(26)14-4-2-3-5-16(14)22/h2-10H,11,23H2,1H3. The molecule has 146 valence electrons. The third-order valence-corrected chi connectivity index (χ3v) is 6.63. The predicted molar refractivity (Wildman–Crippen MR) is 121 cm³/mol. The molecule has 0 radical (unpaired) electrons. The van der Waals surface area contributed by atoms with Gasteiger partial charge in [-0.15, -0.1) is 11.3 Å². The number of aromatic nitrogens is 2. The number of aryl methyl sites for hydroxylation is 1. The maximum atomic E-state index is 12.9. The van der Waals surface area contributed by atoms with Gasteiger partial charge in [-0.2, -0.15) is 0 Å². The number of thiophene rings is 1. The second-order valence-electron chi connectivity index (χ2n) is 6.46. The first-order chi connectivity index (χ1) is 14.0. The molecule has 0 bridgehead atoms. The van der Waals surface area contributed by atoms with Crippen molar-refractivity contribution in [3.8, 4) is 11.1 Å². The van der Waals surface area contributed by atoms with Crippen LogP contribution in [0.3, 0.4) is 0 Å². The third kappa shape index (κ3) is 3.81. The lowest BCUT2D eigenvalue weighted by atomic mass is 10.1. The topological polar surface area (TPSA) is 78.0 Å². The second-order valence-corrected chi connectivity index (χ2v) is 8.66. The van der Waals surface area contributed by atoms with E-state index >= 15 is 0 Å². The highest BCUT2D eigenvalue weighted by molar-refractivity contribution is 7.99. The van der Waals surface area contributed by atoms with Crippen LogP contribution < -0.4 is 11.4 Å². The highest BCUT2D eigenvalue weighted by atomic mass is 35.5. The quantitative estimate of drug-likeness (QED) is 0.209. The number of carbonyl (C=O) groups excluding carboxylic acids is 1. The molecule has 29 heavy (non-hydrogen) atoms. The number of hydrogen-bond donors (Lipinski definition) is 1. The Morgan fingerprint density at radius 2 is 1.93 bits per heavy atom. The number of hydrogen-bond acceptors (Lipinski definition) is 6. The number of Topliss-reactive ketones (excluding diaryl/α,β-unsaturated/α-hetero) is 1. The van der Waals surface area contributed by atoms with E-state index in [9.17, 15) is 9.59 Å². The molecule has 0 aliphatic rings. The zero-order chi connectivity index (χ0) is 20.5. The van der Waals surface area contributed by atoms with E-state index in [0.717, 1.165) is 33.1 Å². The maximum absolute atomic E-state index is 12.9. The molecule has 0 unspecified atom stereocenters. The molecule has 4 aromatic rings. The largest absolute Gasteiger partial charge is 0.334 e. The minimum atomic E-state index is -0.334. The fourth-order valence-electron chi connectivity index (χ4n) is 2.93. The first-order valence-corrected chi connectivity index (χ1v) is 11.0. The summed E-state index contributed by atoms with van der Waals surface area (Å²) in [6, 6.07) is 14.8. The summed E-state index contributed by atoms with van der Waals surface area (Å²) < 4.78 is 1.01. The summed E-state index contributed by atoms with van der Waals surface area (Å²) in [5, 5.41) is 3.09. The Morgan fingerprint density at radius 1 is 1.21 bits per heavy atom. The SMILES string of the molecule is Cc1ccc(-c2csc3nc(SCC(=O)c4ccccc4Cl)n(N)c(=O)c23)cc1. The molecule has 2 aromatic heterocycles. The van der Waals surface area contributed by atoms with Crippen LogP contribution in [0, 0.1) is 6.92 Å². The van der Waals surface area contributed by atoms with E-state index in [1.54, 1.807) is 24.3 Å². The average Bonchev–Trinajstić information content (AvgIpc) is 3.14. The van der Waals surface area contributed by atoms with Crippen molar-refractivity contribution in [2.45, 2.75) is 12.1 Å². The molecule has 0 aliphatic carbocycles. The molecule has 0 spiro atoms. The molecule has 2 aromatic carbocycles. The van der Waals surface area contributed by atoms with E-state index in [1.165, 1.54) is 11.3 Å². The molecule has 0 saturated carbocycles. The van der Waals surface area contributed by atoms with Crippen LogP contribution in [0.15, 0.2) is 63.9 Å². The van der Waals surface area contributed by atoms with Crippen molar-refractivity contribution in [3.63, 3.8) is 0 Å². The summed E-state index contributed by atoms with van der Waals surface area (Å²) in [5.74, 6) is 5.95. The fraction of sp³-hybridized carbons (Fsp3) is 0.0952. The summed E-state index contributed by atoms with van der Waals surface area (Å²) in [6.07, 6.45) is 0. The van der Waals surface area contributed by atoms with E-state index < -0.39 is 0 Å². The van der Waals surface area contributed by atoms with E-state index in [-0.39, 0.29) is 17.1 Å². The van der Waals surface area contributed by atoms with Crippen LogP contribution in [0.2, 0.25) is 5.02 Å². The number of rotatable bonds is 5. The van der Waals surface area contributed by atoms with Crippen LogP contribution in [-0.4, -0.2) is 21.2 Å². The van der Waals surface area contributed by atoms with Gasteiger partial charge in [0.1, 0.15) is 4.83 Å². The van der Waals surface area contributed by atoms with Crippen molar-refractivity contribution in [3.05, 3.63) is 80.4 Å². The molecular weight excluding hydrogens is 426 g/mol.